The number of carbonyl (C=O) groups is 1. The normalized spacial score (nSPS) is 43.4. The quantitative estimate of drug-likeness (QED) is 0.497. The topological polar surface area (TPSA) is 26.3 Å². The lowest BCUT2D eigenvalue weighted by molar-refractivity contribution is -0.142. The van der Waals surface area contributed by atoms with Crippen LogP contribution in [0.25, 0.3) is 0 Å². The van der Waals surface area contributed by atoms with Gasteiger partial charge in [0.15, 0.2) is 0 Å². The summed E-state index contributed by atoms with van der Waals surface area (Å²) < 4.78 is 5.17. The fourth-order valence-corrected chi connectivity index (χ4v) is 2.27. The van der Waals surface area contributed by atoms with Crippen LogP contribution in [0.15, 0.2) is 0 Å². The highest BCUT2D eigenvalue weighted by molar-refractivity contribution is 5.72. The average Bonchev–Trinajstić information content (AvgIpc) is 2.27. The van der Waals surface area contributed by atoms with Crippen LogP contribution in [-0.2, 0) is 9.53 Å². The van der Waals surface area contributed by atoms with E-state index in [1.54, 1.807) is 0 Å². The molecule has 0 aromatic heterocycles. The second-order valence-electron chi connectivity index (χ2n) is 3.91. The molecule has 1 aliphatic heterocycles. The van der Waals surface area contributed by atoms with E-state index in [4.69, 9.17) is 4.74 Å². The van der Waals surface area contributed by atoms with Gasteiger partial charge in [-0.05, 0) is 25.2 Å². The number of hydrogen-bond acceptors (Lipinski definition) is 2. The number of rotatable bonds is 0. The molecule has 1 heterocycles. The van der Waals surface area contributed by atoms with E-state index in [9.17, 15) is 4.79 Å². The van der Waals surface area contributed by atoms with Gasteiger partial charge in [-0.15, -0.1) is 0 Å². The SMILES string of the molecule is CC1CCC2OC(=O)CC2C1. The third-order valence-corrected chi connectivity index (χ3v) is 2.89. The Morgan fingerprint density at radius 1 is 1.45 bits per heavy atom. The Bertz CT molecular complexity index is 176. The van der Waals surface area contributed by atoms with Crippen molar-refractivity contribution in [2.75, 3.05) is 0 Å². The van der Waals surface area contributed by atoms with Crippen molar-refractivity contribution in [1.82, 2.24) is 0 Å². The van der Waals surface area contributed by atoms with Crippen LogP contribution in [-0.4, -0.2) is 12.1 Å². The zero-order chi connectivity index (χ0) is 7.84. The molecule has 2 fully saturated rings. The highest BCUT2D eigenvalue weighted by atomic mass is 16.5. The molecule has 2 nitrogen and oxygen atoms in total. The highest BCUT2D eigenvalue weighted by Crippen LogP contribution is 2.37. The number of esters is 1. The van der Waals surface area contributed by atoms with Crippen LogP contribution in [0.1, 0.15) is 32.6 Å². The van der Waals surface area contributed by atoms with Crippen LogP contribution in [0.2, 0.25) is 0 Å². The van der Waals surface area contributed by atoms with E-state index < -0.39 is 0 Å². The summed E-state index contributed by atoms with van der Waals surface area (Å²) in [5, 5.41) is 0. The van der Waals surface area contributed by atoms with Gasteiger partial charge in [-0.25, -0.2) is 0 Å². The van der Waals surface area contributed by atoms with Gasteiger partial charge >= 0.3 is 5.97 Å². The molecule has 0 aromatic rings. The minimum absolute atomic E-state index is 0.0223. The first-order valence-corrected chi connectivity index (χ1v) is 4.45. The fraction of sp³-hybridized carbons (Fsp3) is 0.889. The molecule has 3 atom stereocenters. The second-order valence-corrected chi connectivity index (χ2v) is 3.91. The Morgan fingerprint density at radius 2 is 2.27 bits per heavy atom. The van der Waals surface area contributed by atoms with Crippen LogP contribution >= 0.6 is 0 Å². The van der Waals surface area contributed by atoms with Crippen LogP contribution in [0.4, 0.5) is 0 Å². The van der Waals surface area contributed by atoms with E-state index in [2.05, 4.69) is 6.92 Å². The molecule has 0 N–H and O–H groups in total. The average molecular weight is 154 g/mol. The summed E-state index contributed by atoms with van der Waals surface area (Å²) in [5.41, 5.74) is 0. The number of fused-ring (bicyclic) bond motifs is 1. The summed E-state index contributed by atoms with van der Waals surface area (Å²) in [7, 11) is 0. The van der Waals surface area contributed by atoms with Crippen LogP contribution < -0.4 is 0 Å². The van der Waals surface area contributed by atoms with Crippen LogP contribution in [0.3, 0.4) is 0 Å². The van der Waals surface area contributed by atoms with Gasteiger partial charge < -0.3 is 4.74 Å². The smallest absolute Gasteiger partial charge is 0.306 e. The molecule has 11 heavy (non-hydrogen) atoms. The van der Waals surface area contributed by atoms with Crippen molar-refractivity contribution in [1.29, 1.82) is 0 Å². The van der Waals surface area contributed by atoms with Gasteiger partial charge in [0, 0.05) is 5.92 Å². The Hall–Kier alpha value is -0.530. The number of carbonyl (C=O) groups excluding carboxylic acids is 1. The summed E-state index contributed by atoms with van der Waals surface area (Å²) in [4.78, 5) is 10.9. The van der Waals surface area contributed by atoms with Gasteiger partial charge in [0.1, 0.15) is 6.10 Å². The Balaban J connectivity index is 2.02. The molecule has 2 heteroatoms. The maximum atomic E-state index is 10.9. The zero-order valence-electron chi connectivity index (χ0n) is 6.88. The maximum Gasteiger partial charge on any atom is 0.306 e. The van der Waals surface area contributed by atoms with Crippen molar-refractivity contribution in [3.63, 3.8) is 0 Å². The van der Waals surface area contributed by atoms with Crippen LogP contribution in [0.5, 0.6) is 0 Å². The molecular weight excluding hydrogens is 140 g/mol. The number of hydrogen-bond donors (Lipinski definition) is 0. The molecule has 2 rings (SSSR count). The molecule has 0 radical (unpaired) electrons. The predicted octanol–water partition coefficient (Wildman–Crippen LogP) is 1.74. The van der Waals surface area contributed by atoms with E-state index in [1.165, 1.54) is 12.8 Å². The Kier molecular flexibility index (Phi) is 1.63. The third-order valence-electron chi connectivity index (χ3n) is 2.89. The Morgan fingerprint density at radius 3 is 3.09 bits per heavy atom. The van der Waals surface area contributed by atoms with Crippen molar-refractivity contribution in [2.24, 2.45) is 11.8 Å². The fourth-order valence-electron chi connectivity index (χ4n) is 2.27. The minimum atomic E-state index is 0.0223. The lowest BCUT2D eigenvalue weighted by Gasteiger charge is -2.27. The van der Waals surface area contributed by atoms with E-state index in [0.29, 0.717) is 12.3 Å². The van der Waals surface area contributed by atoms with Crippen molar-refractivity contribution in [3.8, 4) is 0 Å². The van der Waals surface area contributed by atoms with Gasteiger partial charge in [-0.1, -0.05) is 6.92 Å². The molecule has 1 saturated carbocycles. The summed E-state index contributed by atoms with van der Waals surface area (Å²) in [6.45, 7) is 2.26. The largest absolute Gasteiger partial charge is 0.462 e. The highest BCUT2D eigenvalue weighted by Gasteiger charge is 2.38. The van der Waals surface area contributed by atoms with Crippen molar-refractivity contribution < 1.29 is 9.53 Å². The molecule has 62 valence electrons. The lowest BCUT2D eigenvalue weighted by Crippen LogP contribution is -2.24. The lowest BCUT2D eigenvalue weighted by atomic mass is 9.80. The van der Waals surface area contributed by atoms with Crippen LogP contribution in [0, 0.1) is 11.8 Å². The molecule has 3 unspecified atom stereocenters. The summed E-state index contributed by atoms with van der Waals surface area (Å²) in [6, 6.07) is 0. The molecule has 0 spiro atoms. The number of ether oxygens (including phenoxy) is 1. The molecule has 0 aromatic carbocycles. The van der Waals surface area contributed by atoms with E-state index in [-0.39, 0.29) is 12.1 Å². The van der Waals surface area contributed by atoms with Gasteiger partial charge in [-0.2, -0.15) is 0 Å². The molecule has 0 amide bonds. The first-order chi connectivity index (χ1) is 5.25. The first kappa shape index (κ1) is 7.14. The van der Waals surface area contributed by atoms with Crippen molar-refractivity contribution in [3.05, 3.63) is 0 Å². The second kappa shape index (κ2) is 2.50. The van der Waals surface area contributed by atoms with E-state index in [1.807, 2.05) is 0 Å². The Labute approximate surface area is 66.9 Å². The third kappa shape index (κ3) is 1.26. The van der Waals surface area contributed by atoms with Crippen molar-refractivity contribution >= 4 is 5.97 Å². The molecule has 1 saturated heterocycles. The summed E-state index contributed by atoms with van der Waals surface area (Å²) in [6.07, 6.45) is 4.47. The molecule has 0 bridgehead atoms. The van der Waals surface area contributed by atoms with E-state index in [0.717, 1.165) is 12.3 Å². The molecule has 1 aliphatic carbocycles. The zero-order valence-corrected chi connectivity index (χ0v) is 6.88. The standard InChI is InChI=1S/C9H14O2/c1-6-2-3-8-7(4-6)5-9(10)11-8/h6-8H,2-5H2,1H3. The summed E-state index contributed by atoms with van der Waals surface area (Å²) >= 11 is 0. The van der Waals surface area contributed by atoms with Gasteiger partial charge in [0.05, 0.1) is 6.42 Å². The predicted molar refractivity (Wildman–Crippen MR) is 41.0 cm³/mol. The summed E-state index contributed by atoms with van der Waals surface area (Å²) in [5.74, 6) is 1.37. The van der Waals surface area contributed by atoms with Gasteiger partial charge in [-0.3, -0.25) is 4.79 Å². The maximum absolute atomic E-state index is 10.9. The molecule has 2 aliphatic rings. The van der Waals surface area contributed by atoms with Crippen molar-refractivity contribution in [2.45, 2.75) is 38.7 Å². The van der Waals surface area contributed by atoms with Gasteiger partial charge in [0.2, 0.25) is 0 Å². The minimum Gasteiger partial charge on any atom is -0.462 e. The molecular formula is C9H14O2. The van der Waals surface area contributed by atoms with E-state index >= 15 is 0 Å². The monoisotopic (exact) mass is 154 g/mol. The first-order valence-electron chi connectivity index (χ1n) is 4.45. The van der Waals surface area contributed by atoms with Gasteiger partial charge in [0.25, 0.3) is 0 Å².